The Labute approximate surface area is 73.8 Å². The van der Waals surface area contributed by atoms with Gasteiger partial charge in [-0.2, -0.15) is 0 Å². The molecule has 0 aromatic rings. The van der Waals surface area contributed by atoms with Crippen LogP contribution in [-0.2, 0) is 4.79 Å². The summed E-state index contributed by atoms with van der Waals surface area (Å²) >= 11 is 0. The number of hydrogen-bond acceptors (Lipinski definition) is 1. The van der Waals surface area contributed by atoms with E-state index in [2.05, 4.69) is 13.8 Å². The predicted molar refractivity (Wildman–Crippen MR) is 48.8 cm³/mol. The number of Topliss-reactive ketones (excluding diaryl/α,β-unsaturated/α-hetero) is 1. The van der Waals surface area contributed by atoms with Crippen LogP contribution in [0.15, 0.2) is 11.1 Å². The molecule has 1 heteroatoms. The first-order valence-corrected chi connectivity index (χ1v) is 4.97. The summed E-state index contributed by atoms with van der Waals surface area (Å²) in [5.74, 6) is 1.93. The molecule has 0 aliphatic heterocycles. The van der Waals surface area contributed by atoms with Gasteiger partial charge in [0.05, 0.1) is 0 Å². The topological polar surface area (TPSA) is 17.1 Å². The Bertz CT molecular complexity index is 250. The van der Waals surface area contributed by atoms with Crippen molar-refractivity contribution in [2.24, 2.45) is 11.8 Å². The second-order valence-electron chi connectivity index (χ2n) is 4.13. The summed E-state index contributed by atoms with van der Waals surface area (Å²) in [6.07, 6.45) is 4.33. The van der Waals surface area contributed by atoms with E-state index >= 15 is 0 Å². The standard InChI is InChI=1S/C11H16O/c1-3-8-6-9(8)11-7(2)4-5-10(11)12/h8-9H,3-6H2,1-2H3. The second kappa shape index (κ2) is 2.72. The molecule has 0 amide bonds. The Morgan fingerprint density at radius 3 is 2.58 bits per heavy atom. The van der Waals surface area contributed by atoms with Gasteiger partial charge in [0.15, 0.2) is 5.78 Å². The maximum atomic E-state index is 11.5. The Kier molecular flexibility index (Phi) is 1.82. The zero-order valence-corrected chi connectivity index (χ0v) is 7.89. The molecule has 12 heavy (non-hydrogen) atoms. The lowest BCUT2D eigenvalue weighted by Gasteiger charge is -1.99. The number of ketones is 1. The van der Waals surface area contributed by atoms with Crippen molar-refractivity contribution in [3.63, 3.8) is 0 Å². The fourth-order valence-corrected chi connectivity index (χ4v) is 2.38. The van der Waals surface area contributed by atoms with Crippen molar-refractivity contribution in [1.82, 2.24) is 0 Å². The summed E-state index contributed by atoms with van der Waals surface area (Å²) in [4.78, 5) is 11.5. The van der Waals surface area contributed by atoms with E-state index in [-0.39, 0.29) is 0 Å². The minimum Gasteiger partial charge on any atom is -0.295 e. The Morgan fingerprint density at radius 1 is 1.42 bits per heavy atom. The molecule has 0 saturated heterocycles. The van der Waals surface area contributed by atoms with Crippen molar-refractivity contribution in [3.8, 4) is 0 Å². The van der Waals surface area contributed by atoms with E-state index in [4.69, 9.17) is 0 Å². The molecule has 1 nitrogen and oxygen atoms in total. The van der Waals surface area contributed by atoms with Crippen molar-refractivity contribution < 1.29 is 4.79 Å². The number of rotatable bonds is 2. The van der Waals surface area contributed by atoms with Gasteiger partial charge in [-0.15, -0.1) is 0 Å². The summed E-state index contributed by atoms with van der Waals surface area (Å²) in [6, 6.07) is 0. The molecule has 0 radical (unpaired) electrons. The lowest BCUT2D eigenvalue weighted by Crippen LogP contribution is -1.99. The summed E-state index contributed by atoms with van der Waals surface area (Å²) in [7, 11) is 0. The maximum Gasteiger partial charge on any atom is 0.159 e. The van der Waals surface area contributed by atoms with E-state index < -0.39 is 0 Å². The van der Waals surface area contributed by atoms with E-state index in [9.17, 15) is 4.79 Å². The predicted octanol–water partition coefficient (Wildman–Crippen LogP) is 2.71. The molecule has 0 heterocycles. The van der Waals surface area contributed by atoms with Gasteiger partial charge in [-0.1, -0.05) is 18.9 Å². The number of allylic oxidation sites excluding steroid dienone is 2. The van der Waals surface area contributed by atoms with Crippen molar-refractivity contribution in [2.75, 3.05) is 0 Å². The number of carbonyl (C=O) groups excluding carboxylic acids is 1. The van der Waals surface area contributed by atoms with Crippen molar-refractivity contribution in [1.29, 1.82) is 0 Å². The van der Waals surface area contributed by atoms with Gasteiger partial charge < -0.3 is 0 Å². The van der Waals surface area contributed by atoms with Gasteiger partial charge in [0.2, 0.25) is 0 Å². The van der Waals surface area contributed by atoms with Crippen LogP contribution >= 0.6 is 0 Å². The second-order valence-corrected chi connectivity index (χ2v) is 4.13. The van der Waals surface area contributed by atoms with Gasteiger partial charge in [-0.05, 0) is 37.2 Å². The van der Waals surface area contributed by atoms with E-state index in [0.717, 1.165) is 18.8 Å². The molecule has 0 bridgehead atoms. The summed E-state index contributed by atoms with van der Waals surface area (Å²) < 4.78 is 0. The molecule has 0 aromatic heterocycles. The van der Waals surface area contributed by atoms with E-state index in [0.29, 0.717) is 11.7 Å². The lowest BCUT2D eigenvalue weighted by atomic mass is 10.0. The monoisotopic (exact) mass is 164 g/mol. The molecule has 66 valence electrons. The first-order chi connectivity index (χ1) is 5.74. The first-order valence-electron chi connectivity index (χ1n) is 4.97. The average Bonchev–Trinajstić information content (AvgIpc) is 2.74. The third-order valence-electron chi connectivity index (χ3n) is 3.31. The van der Waals surface area contributed by atoms with Crippen molar-refractivity contribution in [3.05, 3.63) is 11.1 Å². The van der Waals surface area contributed by atoms with Gasteiger partial charge >= 0.3 is 0 Å². The molecule has 2 rings (SSSR count). The van der Waals surface area contributed by atoms with E-state index in [1.807, 2.05) is 0 Å². The van der Waals surface area contributed by atoms with E-state index in [1.54, 1.807) is 0 Å². The third kappa shape index (κ3) is 1.12. The smallest absolute Gasteiger partial charge is 0.159 e. The highest BCUT2D eigenvalue weighted by Crippen LogP contribution is 2.49. The Balaban J connectivity index is 2.13. The molecule has 1 fully saturated rings. The third-order valence-corrected chi connectivity index (χ3v) is 3.31. The van der Waals surface area contributed by atoms with Crippen LogP contribution in [0.25, 0.3) is 0 Å². The van der Waals surface area contributed by atoms with Crippen molar-refractivity contribution >= 4 is 5.78 Å². The highest BCUT2D eigenvalue weighted by atomic mass is 16.1. The molecule has 2 unspecified atom stereocenters. The summed E-state index contributed by atoms with van der Waals surface area (Å²) in [6.45, 7) is 4.35. The quantitative estimate of drug-likeness (QED) is 0.613. The maximum absolute atomic E-state index is 11.5. The number of carbonyl (C=O) groups is 1. The minimum atomic E-state index is 0.438. The Morgan fingerprint density at radius 2 is 2.17 bits per heavy atom. The molecule has 0 N–H and O–H groups in total. The van der Waals surface area contributed by atoms with Crippen LogP contribution in [0, 0.1) is 11.8 Å². The lowest BCUT2D eigenvalue weighted by molar-refractivity contribution is -0.115. The molecule has 0 spiro atoms. The van der Waals surface area contributed by atoms with Crippen LogP contribution in [-0.4, -0.2) is 5.78 Å². The molecule has 2 atom stereocenters. The highest BCUT2D eigenvalue weighted by molar-refractivity contribution is 5.99. The average molecular weight is 164 g/mol. The molecule has 2 aliphatic carbocycles. The first kappa shape index (κ1) is 8.03. The fourth-order valence-electron chi connectivity index (χ4n) is 2.38. The largest absolute Gasteiger partial charge is 0.295 e. The van der Waals surface area contributed by atoms with Gasteiger partial charge in [0.25, 0.3) is 0 Å². The molecule has 1 saturated carbocycles. The normalized spacial score (nSPS) is 34.7. The van der Waals surface area contributed by atoms with Gasteiger partial charge in [0.1, 0.15) is 0 Å². The zero-order chi connectivity index (χ0) is 8.72. The SMILES string of the molecule is CCC1CC1C1=C(C)CCC1=O. The van der Waals surface area contributed by atoms with Crippen LogP contribution in [0.2, 0.25) is 0 Å². The van der Waals surface area contributed by atoms with Crippen LogP contribution in [0.5, 0.6) is 0 Å². The summed E-state index contributed by atoms with van der Waals surface area (Å²) in [5, 5.41) is 0. The molecular formula is C11H16O. The number of hydrogen-bond donors (Lipinski definition) is 0. The highest BCUT2D eigenvalue weighted by Gasteiger charge is 2.42. The molecule has 0 aromatic carbocycles. The van der Waals surface area contributed by atoms with Gasteiger partial charge in [-0.3, -0.25) is 4.79 Å². The van der Waals surface area contributed by atoms with Crippen LogP contribution in [0.3, 0.4) is 0 Å². The van der Waals surface area contributed by atoms with Crippen LogP contribution in [0.4, 0.5) is 0 Å². The fraction of sp³-hybridized carbons (Fsp3) is 0.727. The van der Waals surface area contributed by atoms with E-state index in [1.165, 1.54) is 24.0 Å². The zero-order valence-electron chi connectivity index (χ0n) is 7.89. The minimum absolute atomic E-state index is 0.438. The summed E-state index contributed by atoms with van der Waals surface area (Å²) in [5.41, 5.74) is 2.59. The van der Waals surface area contributed by atoms with Crippen molar-refractivity contribution in [2.45, 2.75) is 39.5 Å². The Hall–Kier alpha value is -0.590. The van der Waals surface area contributed by atoms with Crippen LogP contribution < -0.4 is 0 Å². The van der Waals surface area contributed by atoms with Crippen LogP contribution in [0.1, 0.15) is 39.5 Å². The molecular weight excluding hydrogens is 148 g/mol. The molecule has 2 aliphatic rings. The van der Waals surface area contributed by atoms with Gasteiger partial charge in [0, 0.05) is 6.42 Å². The van der Waals surface area contributed by atoms with Gasteiger partial charge in [-0.25, -0.2) is 0 Å².